The van der Waals surface area contributed by atoms with E-state index in [1.54, 1.807) is 0 Å². The molecule has 3 nitrogen and oxygen atoms in total. The maximum Gasteiger partial charge on any atom is 0.416 e. The van der Waals surface area contributed by atoms with E-state index >= 15 is 0 Å². The van der Waals surface area contributed by atoms with Crippen LogP contribution in [-0.4, -0.2) is 16.2 Å². The van der Waals surface area contributed by atoms with Crippen molar-refractivity contribution in [3.63, 3.8) is 0 Å². The fourth-order valence-electron chi connectivity index (χ4n) is 1.27. The van der Waals surface area contributed by atoms with Crippen molar-refractivity contribution < 1.29 is 28.2 Å². The van der Waals surface area contributed by atoms with Gasteiger partial charge in [0, 0.05) is 5.56 Å². The average molecular weight is 234 g/mol. The highest BCUT2D eigenvalue weighted by atomic mass is 19.4. The van der Waals surface area contributed by atoms with E-state index in [9.17, 15) is 23.1 Å². The van der Waals surface area contributed by atoms with Crippen LogP contribution in [0.5, 0.6) is 0 Å². The summed E-state index contributed by atoms with van der Waals surface area (Å²) in [6.07, 6.45) is -4.70. The predicted octanol–water partition coefficient (Wildman–Crippen LogP) is 2.00. The van der Waals surface area contributed by atoms with Gasteiger partial charge >= 0.3 is 12.1 Å². The Kier molecular flexibility index (Phi) is 2.96. The molecule has 1 atom stereocenters. The van der Waals surface area contributed by atoms with Crippen molar-refractivity contribution in [2.24, 2.45) is 0 Å². The van der Waals surface area contributed by atoms with Gasteiger partial charge in [-0.05, 0) is 13.0 Å². The smallest absolute Gasteiger partial charge is 0.416 e. The molecule has 0 aromatic heterocycles. The van der Waals surface area contributed by atoms with Gasteiger partial charge in [0.15, 0.2) is 5.60 Å². The molecule has 0 aliphatic heterocycles. The molecule has 1 aromatic carbocycles. The highest BCUT2D eigenvalue weighted by Crippen LogP contribution is 2.36. The van der Waals surface area contributed by atoms with Crippen LogP contribution in [0.4, 0.5) is 13.2 Å². The molecule has 6 heteroatoms. The van der Waals surface area contributed by atoms with Crippen molar-refractivity contribution in [1.82, 2.24) is 0 Å². The lowest BCUT2D eigenvalue weighted by Crippen LogP contribution is -2.34. The molecule has 1 unspecified atom stereocenters. The number of carboxylic acids is 1. The largest absolute Gasteiger partial charge is 0.479 e. The summed E-state index contributed by atoms with van der Waals surface area (Å²) >= 11 is 0. The van der Waals surface area contributed by atoms with Gasteiger partial charge in [-0.2, -0.15) is 13.2 Å². The summed E-state index contributed by atoms with van der Waals surface area (Å²) in [5, 5.41) is 18.2. The molecule has 0 bridgehead atoms. The molecule has 0 aliphatic rings. The Balaban J connectivity index is 3.41. The van der Waals surface area contributed by atoms with Gasteiger partial charge in [-0.15, -0.1) is 0 Å². The van der Waals surface area contributed by atoms with Crippen molar-refractivity contribution in [3.8, 4) is 0 Å². The summed E-state index contributed by atoms with van der Waals surface area (Å²) < 4.78 is 37.6. The Hall–Kier alpha value is -1.56. The third kappa shape index (κ3) is 2.16. The monoisotopic (exact) mass is 234 g/mol. The number of hydrogen-bond acceptors (Lipinski definition) is 2. The van der Waals surface area contributed by atoms with Gasteiger partial charge in [-0.1, -0.05) is 18.2 Å². The number of aliphatic carboxylic acids is 1. The Bertz CT molecular complexity index is 410. The van der Waals surface area contributed by atoms with Crippen LogP contribution in [0.1, 0.15) is 18.1 Å². The minimum atomic E-state index is -4.70. The minimum Gasteiger partial charge on any atom is -0.479 e. The van der Waals surface area contributed by atoms with E-state index in [0.29, 0.717) is 0 Å². The zero-order chi connectivity index (χ0) is 12.6. The highest BCUT2D eigenvalue weighted by Gasteiger charge is 2.42. The van der Waals surface area contributed by atoms with Crippen LogP contribution in [0.3, 0.4) is 0 Å². The molecule has 1 rings (SSSR count). The number of hydrogen-bond donors (Lipinski definition) is 2. The number of halogens is 3. The minimum absolute atomic E-state index is 0.671. The van der Waals surface area contributed by atoms with Crippen molar-refractivity contribution in [2.75, 3.05) is 0 Å². The lowest BCUT2D eigenvalue weighted by Gasteiger charge is -2.22. The molecule has 2 N–H and O–H groups in total. The quantitative estimate of drug-likeness (QED) is 0.822. The van der Waals surface area contributed by atoms with E-state index in [1.807, 2.05) is 0 Å². The molecule has 0 heterocycles. The van der Waals surface area contributed by atoms with E-state index < -0.39 is 28.9 Å². The number of carboxylic acid groups (broad SMARTS) is 1. The molecule has 0 saturated carbocycles. The van der Waals surface area contributed by atoms with Crippen molar-refractivity contribution >= 4 is 5.97 Å². The Morgan fingerprint density at radius 3 is 2.00 bits per heavy atom. The van der Waals surface area contributed by atoms with Gasteiger partial charge in [0.25, 0.3) is 0 Å². The molecule has 0 fully saturated rings. The van der Waals surface area contributed by atoms with Crippen molar-refractivity contribution in [2.45, 2.75) is 18.7 Å². The van der Waals surface area contributed by atoms with Crippen LogP contribution in [0, 0.1) is 0 Å². The van der Waals surface area contributed by atoms with Crippen LogP contribution < -0.4 is 0 Å². The zero-order valence-electron chi connectivity index (χ0n) is 8.25. The molecule has 1 aromatic rings. The summed E-state index contributed by atoms with van der Waals surface area (Å²) in [7, 11) is 0. The van der Waals surface area contributed by atoms with Gasteiger partial charge in [0.2, 0.25) is 0 Å². The summed E-state index contributed by atoms with van der Waals surface area (Å²) in [5.41, 5.74) is -4.39. The summed E-state index contributed by atoms with van der Waals surface area (Å²) in [5.74, 6) is -1.73. The summed E-state index contributed by atoms with van der Waals surface area (Å²) in [6, 6.07) is 4.04. The molecule has 0 amide bonds. The van der Waals surface area contributed by atoms with Gasteiger partial charge < -0.3 is 10.2 Å². The first-order valence-corrected chi connectivity index (χ1v) is 4.30. The SMILES string of the molecule is CC(O)(C(=O)O)c1ccccc1C(F)(F)F. The third-order valence-corrected chi connectivity index (χ3v) is 2.17. The lowest BCUT2D eigenvalue weighted by atomic mass is 9.91. The van der Waals surface area contributed by atoms with Gasteiger partial charge in [-0.25, -0.2) is 4.79 Å². The van der Waals surface area contributed by atoms with Gasteiger partial charge in [0.1, 0.15) is 0 Å². The third-order valence-electron chi connectivity index (χ3n) is 2.17. The topological polar surface area (TPSA) is 57.5 Å². The Labute approximate surface area is 89.1 Å². The first kappa shape index (κ1) is 12.5. The number of alkyl halides is 3. The number of carbonyl (C=O) groups is 1. The summed E-state index contributed by atoms with van der Waals surface area (Å²) in [4.78, 5) is 10.7. The fraction of sp³-hybridized carbons (Fsp3) is 0.300. The first-order chi connectivity index (χ1) is 7.17. The molecule has 0 aliphatic carbocycles. The number of benzene rings is 1. The van der Waals surface area contributed by atoms with Gasteiger partial charge in [0.05, 0.1) is 5.56 Å². The fourth-order valence-corrected chi connectivity index (χ4v) is 1.27. The second-order valence-corrected chi connectivity index (χ2v) is 3.42. The Morgan fingerprint density at radius 1 is 1.19 bits per heavy atom. The molecular weight excluding hydrogens is 225 g/mol. The average Bonchev–Trinajstić information content (AvgIpc) is 2.16. The maximum absolute atomic E-state index is 12.5. The van der Waals surface area contributed by atoms with E-state index in [4.69, 9.17) is 5.11 Å². The number of aliphatic hydroxyl groups is 1. The van der Waals surface area contributed by atoms with Crippen LogP contribution in [0.2, 0.25) is 0 Å². The van der Waals surface area contributed by atoms with Crippen molar-refractivity contribution in [1.29, 1.82) is 0 Å². The molecule has 0 spiro atoms. The van der Waals surface area contributed by atoms with E-state index in [2.05, 4.69) is 0 Å². The molecule has 0 radical (unpaired) electrons. The van der Waals surface area contributed by atoms with E-state index in [0.717, 1.165) is 25.1 Å². The molecule has 88 valence electrons. The van der Waals surface area contributed by atoms with Crippen molar-refractivity contribution in [3.05, 3.63) is 35.4 Å². The molecular formula is C10H9F3O3. The number of rotatable bonds is 2. The van der Waals surface area contributed by atoms with Crippen LogP contribution in [0.25, 0.3) is 0 Å². The summed E-state index contributed by atoms with van der Waals surface area (Å²) in [6.45, 7) is 0.805. The lowest BCUT2D eigenvalue weighted by molar-refractivity contribution is -0.160. The standard InChI is InChI=1S/C10H9F3O3/c1-9(16,8(14)15)6-4-2-3-5-7(6)10(11,12)13/h2-5,16H,1H3,(H,14,15). The Morgan fingerprint density at radius 2 is 1.62 bits per heavy atom. The molecule has 0 saturated heterocycles. The normalized spacial score (nSPS) is 15.6. The van der Waals surface area contributed by atoms with Crippen LogP contribution in [0.15, 0.2) is 24.3 Å². The van der Waals surface area contributed by atoms with Gasteiger partial charge in [-0.3, -0.25) is 0 Å². The van der Waals surface area contributed by atoms with Crippen LogP contribution in [-0.2, 0) is 16.6 Å². The van der Waals surface area contributed by atoms with Crippen LogP contribution >= 0.6 is 0 Å². The van der Waals surface area contributed by atoms with E-state index in [-0.39, 0.29) is 0 Å². The first-order valence-electron chi connectivity index (χ1n) is 4.30. The predicted molar refractivity (Wildman–Crippen MR) is 48.7 cm³/mol. The second-order valence-electron chi connectivity index (χ2n) is 3.42. The maximum atomic E-state index is 12.5. The van der Waals surface area contributed by atoms with E-state index in [1.165, 1.54) is 6.07 Å². The second kappa shape index (κ2) is 3.79. The zero-order valence-corrected chi connectivity index (χ0v) is 8.25. The highest BCUT2D eigenvalue weighted by molar-refractivity contribution is 5.79. The molecule has 16 heavy (non-hydrogen) atoms.